The van der Waals surface area contributed by atoms with Gasteiger partial charge in [-0.3, -0.25) is 0 Å². The molecule has 0 aromatic heterocycles. The number of hydrogen-bond acceptors (Lipinski definition) is 5. The van der Waals surface area contributed by atoms with E-state index >= 15 is 0 Å². The van der Waals surface area contributed by atoms with E-state index in [1.165, 1.54) is 26.0 Å². The second kappa shape index (κ2) is 9.87. The van der Waals surface area contributed by atoms with E-state index in [1.54, 1.807) is 12.1 Å². The van der Waals surface area contributed by atoms with Gasteiger partial charge in [-0.25, -0.2) is 0 Å². The van der Waals surface area contributed by atoms with Crippen LogP contribution in [0, 0.1) is 14.1 Å². The number of carbonyl (C=O) groups is 2. The molecule has 2 aromatic rings. The first-order valence-corrected chi connectivity index (χ1v) is 13.5. The molecule has 0 aliphatic heterocycles. The van der Waals surface area contributed by atoms with Crippen molar-refractivity contribution in [2.75, 3.05) is 0 Å². The van der Waals surface area contributed by atoms with E-state index in [2.05, 4.69) is 0 Å². The Morgan fingerprint density at radius 2 is 1.18 bits per heavy atom. The van der Waals surface area contributed by atoms with Gasteiger partial charge in [-0.1, -0.05) is 0 Å². The number of alkyl halides is 3. The summed E-state index contributed by atoms with van der Waals surface area (Å²) in [6, 6.07) is 11.5. The molecule has 0 bridgehead atoms. The molecule has 10 heteroatoms. The Balaban J connectivity index is 2.32. The first kappa shape index (κ1) is 22.9. The van der Waals surface area contributed by atoms with E-state index in [0.717, 1.165) is 17.7 Å². The maximum atomic E-state index is 12.8. The molecule has 28 heavy (non-hydrogen) atoms. The van der Waals surface area contributed by atoms with Crippen molar-refractivity contribution in [3.05, 3.63) is 66.8 Å². The average molecular weight is 624 g/mol. The summed E-state index contributed by atoms with van der Waals surface area (Å²) in [6.07, 6.45) is -4.47. The second-order valence-corrected chi connectivity index (χ2v) is 13.8. The normalized spacial score (nSPS) is 12.2. The number of hydrogen-bond donors (Lipinski definition) is 0. The molecule has 0 heterocycles. The molecule has 0 saturated carbocycles. The molecule has 0 saturated heterocycles. The summed E-state index contributed by atoms with van der Waals surface area (Å²) in [5.41, 5.74) is 0.185. The Morgan fingerprint density at radius 1 is 0.786 bits per heavy atom. The van der Waals surface area contributed by atoms with E-state index in [0.29, 0.717) is 7.14 Å². The van der Waals surface area contributed by atoms with Gasteiger partial charge in [0.2, 0.25) is 0 Å². The van der Waals surface area contributed by atoms with Crippen LogP contribution >= 0.6 is 41.3 Å². The SMILES string of the molecule is CC(=O)OI(OI(OC(C)=O)c1ccc(C(F)(F)F)cc1)c1ccc(C)cc1. The van der Waals surface area contributed by atoms with Crippen molar-refractivity contribution in [3.8, 4) is 0 Å². The van der Waals surface area contributed by atoms with Gasteiger partial charge in [-0.15, -0.1) is 0 Å². The third kappa shape index (κ3) is 6.88. The Kier molecular flexibility index (Phi) is 8.07. The van der Waals surface area contributed by atoms with Gasteiger partial charge >= 0.3 is 177 Å². The molecule has 0 unspecified atom stereocenters. The molecule has 0 radical (unpaired) electrons. The fourth-order valence-electron chi connectivity index (χ4n) is 1.80. The fourth-order valence-corrected chi connectivity index (χ4v) is 11.5. The maximum absolute atomic E-state index is 12.8. The summed E-state index contributed by atoms with van der Waals surface area (Å²) < 4.78 is 56.0. The number of halogens is 5. The van der Waals surface area contributed by atoms with Crippen LogP contribution in [0.15, 0.2) is 48.5 Å². The zero-order valence-corrected chi connectivity index (χ0v) is 19.4. The van der Waals surface area contributed by atoms with Crippen LogP contribution in [0.5, 0.6) is 0 Å². The van der Waals surface area contributed by atoms with Gasteiger partial charge in [0.15, 0.2) is 0 Å². The molecule has 2 aromatic carbocycles. The van der Waals surface area contributed by atoms with Gasteiger partial charge in [0.25, 0.3) is 0 Å². The molecule has 0 amide bonds. The van der Waals surface area contributed by atoms with Crippen LogP contribution in [0.1, 0.15) is 25.0 Å². The number of benzene rings is 2. The molecule has 0 aliphatic carbocycles. The third-order valence-corrected chi connectivity index (χ3v) is 13.2. The Labute approximate surface area is 176 Å². The Morgan fingerprint density at radius 3 is 1.54 bits per heavy atom. The minimum atomic E-state index is -4.47. The molecule has 154 valence electrons. The predicted molar refractivity (Wildman–Crippen MR) is 113 cm³/mol. The summed E-state index contributed by atoms with van der Waals surface area (Å²) in [5, 5.41) is 0. The molecule has 0 aliphatic rings. The monoisotopic (exact) mass is 624 g/mol. The summed E-state index contributed by atoms with van der Waals surface area (Å²) in [5.74, 6) is -1.16. The Bertz CT molecular complexity index is 823. The standard InChI is InChI=1S/C18H17F3I2O5/c1-12-4-8-16(9-5-12)22(26-13(2)24)28-23(27-14(3)25)17-10-6-15(7-11-17)18(19,20)21/h4-11H,1-3H3. The summed E-state index contributed by atoms with van der Waals surface area (Å²) in [4.78, 5) is 23.0. The molecule has 5 nitrogen and oxygen atoms in total. The summed E-state index contributed by atoms with van der Waals surface area (Å²) in [6.45, 7) is 4.33. The average Bonchev–Trinajstić information content (AvgIpc) is 2.60. The topological polar surface area (TPSA) is 61.8 Å². The molecule has 0 spiro atoms. The first-order valence-electron chi connectivity index (χ1n) is 7.77. The van der Waals surface area contributed by atoms with Crippen LogP contribution in [0.2, 0.25) is 0 Å². The van der Waals surface area contributed by atoms with Crippen molar-refractivity contribution in [2.45, 2.75) is 26.9 Å². The number of aryl methyl sites for hydroxylation is 1. The number of carbonyl (C=O) groups excluding carboxylic acids is 2. The van der Waals surface area contributed by atoms with Gasteiger partial charge in [-0.2, -0.15) is 0 Å². The molecule has 2 rings (SSSR count). The summed E-state index contributed by atoms with van der Waals surface area (Å²) in [7, 11) is 0. The van der Waals surface area contributed by atoms with Crippen molar-refractivity contribution >= 4 is 53.2 Å². The van der Waals surface area contributed by atoms with Crippen molar-refractivity contribution in [2.24, 2.45) is 0 Å². The zero-order chi connectivity index (χ0) is 20.9. The van der Waals surface area contributed by atoms with Crippen LogP contribution in [-0.4, -0.2) is 11.9 Å². The van der Waals surface area contributed by atoms with E-state index in [1.807, 2.05) is 19.1 Å². The van der Waals surface area contributed by atoms with Gasteiger partial charge < -0.3 is 0 Å². The van der Waals surface area contributed by atoms with Gasteiger partial charge in [0, 0.05) is 0 Å². The first-order chi connectivity index (χ1) is 13.1. The zero-order valence-electron chi connectivity index (χ0n) is 15.0. The van der Waals surface area contributed by atoms with Gasteiger partial charge in [-0.05, 0) is 0 Å². The quantitative estimate of drug-likeness (QED) is 0.377. The van der Waals surface area contributed by atoms with Crippen LogP contribution < -0.4 is 0 Å². The van der Waals surface area contributed by atoms with E-state index < -0.39 is 65.0 Å². The van der Waals surface area contributed by atoms with E-state index in [4.69, 9.17) is 7.53 Å². The van der Waals surface area contributed by atoms with E-state index in [-0.39, 0.29) is 0 Å². The Hall–Kier alpha value is -1.41. The fraction of sp³-hybridized carbons (Fsp3) is 0.222. The van der Waals surface area contributed by atoms with Crippen molar-refractivity contribution in [1.29, 1.82) is 0 Å². The summed E-state index contributed by atoms with van der Waals surface area (Å²) >= 11 is -6.15. The minimum absolute atomic E-state index is 0.356. The van der Waals surface area contributed by atoms with Gasteiger partial charge in [0.05, 0.1) is 0 Å². The molecule has 0 N–H and O–H groups in total. The molecule has 0 atom stereocenters. The van der Waals surface area contributed by atoms with Crippen LogP contribution in [0.4, 0.5) is 13.2 Å². The van der Waals surface area contributed by atoms with Crippen LogP contribution in [0.25, 0.3) is 0 Å². The van der Waals surface area contributed by atoms with Gasteiger partial charge in [0.1, 0.15) is 0 Å². The molecule has 0 fully saturated rings. The molecular formula is C18H17F3I2O5. The third-order valence-electron chi connectivity index (χ3n) is 3.00. The van der Waals surface area contributed by atoms with Crippen molar-refractivity contribution < 1.29 is 30.3 Å². The predicted octanol–water partition coefficient (Wildman–Crippen LogP) is 5.87. The van der Waals surface area contributed by atoms with Crippen LogP contribution in [-0.2, 0) is 23.3 Å². The van der Waals surface area contributed by atoms with E-state index in [9.17, 15) is 22.8 Å². The van der Waals surface area contributed by atoms with Crippen molar-refractivity contribution in [3.63, 3.8) is 0 Å². The molecular weight excluding hydrogens is 607 g/mol. The van der Waals surface area contributed by atoms with Crippen molar-refractivity contribution in [1.82, 2.24) is 0 Å². The number of rotatable bonds is 6. The van der Waals surface area contributed by atoms with Crippen LogP contribution in [0.3, 0.4) is 0 Å². The second-order valence-electron chi connectivity index (χ2n) is 5.43.